The Labute approximate surface area is 144 Å². The number of allylic oxidation sites excluding steroid dienone is 1. The molecule has 122 valence electrons. The fraction of sp³-hybridized carbons (Fsp3) is 0.158. The molecule has 0 radical (unpaired) electrons. The number of ketones is 1. The maximum atomic E-state index is 12.4. The lowest BCUT2D eigenvalue weighted by molar-refractivity contribution is -0.133. The van der Waals surface area contributed by atoms with Gasteiger partial charge in [-0.1, -0.05) is 29.8 Å². The van der Waals surface area contributed by atoms with Gasteiger partial charge in [-0.15, -0.1) is 11.6 Å². The number of hydrogen-bond acceptors (Lipinski definition) is 4. The second-order valence-corrected chi connectivity index (χ2v) is 6.20. The van der Waals surface area contributed by atoms with Gasteiger partial charge in [0.1, 0.15) is 16.9 Å². The molecule has 0 fully saturated rings. The molecule has 1 aliphatic heterocycles. The minimum atomic E-state index is -0.752. The summed E-state index contributed by atoms with van der Waals surface area (Å²) < 4.78 is 10.8. The summed E-state index contributed by atoms with van der Waals surface area (Å²) in [5.41, 5.74) is 2.41. The zero-order valence-corrected chi connectivity index (χ0v) is 14.0. The lowest BCUT2D eigenvalue weighted by atomic mass is 10.1. The molecule has 3 rings (SSSR count). The van der Waals surface area contributed by atoms with E-state index in [0.29, 0.717) is 11.3 Å². The molecule has 0 amide bonds. The molecule has 0 aromatic heterocycles. The Bertz CT molecular complexity index is 852. The minimum Gasteiger partial charge on any atom is -0.452 e. The van der Waals surface area contributed by atoms with Gasteiger partial charge in [0.05, 0.1) is 5.56 Å². The van der Waals surface area contributed by atoms with Crippen LogP contribution in [0, 0.1) is 6.92 Å². The van der Waals surface area contributed by atoms with Crippen LogP contribution in [0.5, 0.6) is 11.5 Å². The number of halogens is 1. The number of ether oxygens (including phenoxy) is 2. The predicted octanol–water partition coefficient (Wildman–Crippen LogP) is 4.14. The van der Waals surface area contributed by atoms with E-state index in [0.717, 1.165) is 11.1 Å². The Morgan fingerprint density at radius 3 is 2.75 bits per heavy atom. The van der Waals surface area contributed by atoms with Crippen molar-refractivity contribution in [2.24, 2.45) is 0 Å². The summed E-state index contributed by atoms with van der Waals surface area (Å²) in [4.78, 5) is 23.9. The van der Waals surface area contributed by atoms with Crippen LogP contribution in [0.3, 0.4) is 0 Å². The average Bonchev–Trinajstić information content (AvgIpc) is 2.83. The Hall–Kier alpha value is -2.59. The number of Topliss-reactive ketones (excluding diaryl/α,β-unsaturated/α-hetero) is 1. The Kier molecular flexibility index (Phi) is 4.40. The van der Waals surface area contributed by atoms with E-state index in [-0.39, 0.29) is 17.3 Å². The fourth-order valence-electron chi connectivity index (χ4n) is 2.34. The van der Waals surface area contributed by atoms with E-state index in [2.05, 4.69) is 0 Å². The second kappa shape index (κ2) is 6.49. The van der Waals surface area contributed by atoms with Gasteiger partial charge in [0.2, 0.25) is 5.78 Å². The molecule has 1 heterocycles. The summed E-state index contributed by atoms with van der Waals surface area (Å²) in [5, 5.41) is -0.752. The summed E-state index contributed by atoms with van der Waals surface area (Å²) in [6.07, 6.45) is 1.70. The highest BCUT2D eigenvalue weighted by atomic mass is 35.5. The van der Waals surface area contributed by atoms with E-state index >= 15 is 0 Å². The molecule has 24 heavy (non-hydrogen) atoms. The minimum absolute atomic E-state index is 0.199. The van der Waals surface area contributed by atoms with Crippen molar-refractivity contribution in [3.63, 3.8) is 0 Å². The largest absolute Gasteiger partial charge is 0.452 e. The first-order chi connectivity index (χ1) is 11.4. The van der Waals surface area contributed by atoms with Crippen LogP contribution in [0.4, 0.5) is 0 Å². The molecule has 2 aromatic carbocycles. The summed E-state index contributed by atoms with van der Waals surface area (Å²) in [6.45, 7) is 3.51. The topological polar surface area (TPSA) is 52.6 Å². The first kappa shape index (κ1) is 16.3. The number of benzene rings is 2. The van der Waals surface area contributed by atoms with Crippen molar-refractivity contribution in [2.45, 2.75) is 19.2 Å². The van der Waals surface area contributed by atoms with Crippen molar-refractivity contribution < 1.29 is 19.1 Å². The third-order valence-electron chi connectivity index (χ3n) is 3.52. The number of hydrogen-bond donors (Lipinski definition) is 0. The third kappa shape index (κ3) is 3.34. The van der Waals surface area contributed by atoms with Crippen molar-refractivity contribution in [1.29, 1.82) is 0 Å². The number of rotatable bonds is 3. The van der Waals surface area contributed by atoms with Crippen molar-refractivity contribution in [1.82, 2.24) is 0 Å². The highest BCUT2D eigenvalue weighted by Gasteiger charge is 2.28. The van der Waals surface area contributed by atoms with Gasteiger partial charge in [0, 0.05) is 6.07 Å². The van der Waals surface area contributed by atoms with Crippen LogP contribution in [-0.4, -0.2) is 17.1 Å². The maximum Gasteiger partial charge on any atom is 0.329 e. The molecular weight excluding hydrogens is 328 g/mol. The molecule has 0 N–H and O–H groups in total. The zero-order valence-electron chi connectivity index (χ0n) is 13.2. The molecular formula is C19H15ClO4. The summed E-state index contributed by atoms with van der Waals surface area (Å²) >= 11 is 5.68. The number of carbonyl (C=O) groups excluding carboxylic acids is 2. The molecule has 1 aliphatic rings. The highest BCUT2D eigenvalue weighted by molar-refractivity contribution is 6.29. The Morgan fingerprint density at radius 1 is 1.25 bits per heavy atom. The van der Waals surface area contributed by atoms with Gasteiger partial charge in [0.15, 0.2) is 5.76 Å². The zero-order chi connectivity index (χ0) is 17.3. The molecule has 0 saturated carbocycles. The van der Waals surface area contributed by atoms with E-state index in [1.807, 2.05) is 31.2 Å². The van der Waals surface area contributed by atoms with Crippen molar-refractivity contribution in [3.05, 3.63) is 64.9 Å². The fourth-order valence-corrected chi connectivity index (χ4v) is 2.38. The van der Waals surface area contributed by atoms with Crippen LogP contribution in [0.2, 0.25) is 0 Å². The molecule has 5 heteroatoms. The van der Waals surface area contributed by atoms with Crippen LogP contribution >= 0.6 is 11.6 Å². The van der Waals surface area contributed by atoms with E-state index in [9.17, 15) is 9.59 Å². The van der Waals surface area contributed by atoms with Gasteiger partial charge in [-0.25, -0.2) is 0 Å². The molecule has 2 aromatic rings. The number of fused-ring (bicyclic) bond motifs is 1. The third-order valence-corrected chi connectivity index (χ3v) is 3.70. The molecule has 4 nitrogen and oxygen atoms in total. The lowest BCUT2D eigenvalue weighted by Crippen LogP contribution is -2.17. The quantitative estimate of drug-likeness (QED) is 0.364. The smallest absolute Gasteiger partial charge is 0.329 e. The van der Waals surface area contributed by atoms with Crippen LogP contribution in [0.1, 0.15) is 28.4 Å². The number of esters is 1. The number of aryl methyl sites for hydroxylation is 1. The van der Waals surface area contributed by atoms with Crippen LogP contribution in [-0.2, 0) is 4.79 Å². The van der Waals surface area contributed by atoms with E-state index in [4.69, 9.17) is 21.1 Å². The monoisotopic (exact) mass is 342 g/mol. The van der Waals surface area contributed by atoms with Gasteiger partial charge < -0.3 is 9.47 Å². The van der Waals surface area contributed by atoms with Crippen molar-refractivity contribution in [3.8, 4) is 11.5 Å². The molecule has 1 atom stereocenters. The Morgan fingerprint density at radius 2 is 2.04 bits per heavy atom. The SMILES string of the molecule is Cc1cccc(/C=C2\Oc3cc(OC(=O)C(C)Cl)ccc3C2=O)c1. The first-order valence-electron chi connectivity index (χ1n) is 7.45. The normalized spacial score (nSPS) is 15.8. The van der Waals surface area contributed by atoms with Gasteiger partial charge in [0.25, 0.3) is 0 Å². The highest BCUT2D eigenvalue weighted by Crippen LogP contribution is 2.35. The van der Waals surface area contributed by atoms with Crippen LogP contribution in [0.15, 0.2) is 48.2 Å². The van der Waals surface area contributed by atoms with Crippen molar-refractivity contribution in [2.75, 3.05) is 0 Å². The standard InChI is InChI=1S/C19H15ClO4/c1-11-4-3-5-13(8-11)9-17-18(21)15-7-6-14(10-16(15)24-17)23-19(22)12(2)20/h3-10,12H,1-2H3/b17-9-. The lowest BCUT2D eigenvalue weighted by Gasteiger charge is -2.06. The summed E-state index contributed by atoms with van der Waals surface area (Å²) in [6, 6.07) is 12.4. The van der Waals surface area contributed by atoms with Gasteiger partial charge >= 0.3 is 5.97 Å². The van der Waals surface area contributed by atoms with Gasteiger partial charge in [-0.05, 0) is 37.6 Å². The average molecular weight is 343 g/mol. The molecule has 1 unspecified atom stereocenters. The number of alkyl halides is 1. The first-order valence-corrected chi connectivity index (χ1v) is 7.88. The summed E-state index contributed by atoms with van der Waals surface area (Å²) in [5.74, 6) is 0.138. The molecule has 0 aliphatic carbocycles. The van der Waals surface area contributed by atoms with E-state index in [1.165, 1.54) is 13.0 Å². The summed E-state index contributed by atoms with van der Waals surface area (Å²) in [7, 11) is 0. The van der Waals surface area contributed by atoms with Gasteiger partial charge in [-0.2, -0.15) is 0 Å². The second-order valence-electron chi connectivity index (χ2n) is 5.55. The van der Waals surface area contributed by atoms with E-state index < -0.39 is 11.3 Å². The predicted molar refractivity (Wildman–Crippen MR) is 91.5 cm³/mol. The van der Waals surface area contributed by atoms with Crippen molar-refractivity contribution >= 4 is 29.4 Å². The molecule has 0 spiro atoms. The number of carbonyl (C=O) groups is 2. The molecule has 0 saturated heterocycles. The van der Waals surface area contributed by atoms with Crippen LogP contribution in [0.25, 0.3) is 6.08 Å². The van der Waals surface area contributed by atoms with E-state index in [1.54, 1.807) is 18.2 Å². The maximum absolute atomic E-state index is 12.4. The van der Waals surface area contributed by atoms with Crippen LogP contribution < -0.4 is 9.47 Å². The molecule has 0 bridgehead atoms. The van der Waals surface area contributed by atoms with Gasteiger partial charge in [-0.3, -0.25) is 9.59 Å². The Balaban J connectivity index is 1.86.